The van der Waals surface area contributed by atoms with E-state index < -0.39 is 0 Å². The van der Waals surface area contributed by atoms with E-state index in [1.165, 1.54) is 0 Å². The zero-order chi connectivity index (χ0) is 16.7. The Bertz CT molecular complexity index is 686. The average molecular weight is 377 g/mol. The van der Waals surface area contributed by atoms with Crippen LogP contribution in [0, 0.1) is 0 Å². The first-order valence-electron chi connectivity index (χ1n) is 7.06. The van der Waals surface area contributed by atoms with Gasteiger partial charge in [-0.1, -0.05) is 22.0 Å². The molecule has 0 aliphatic carbocycles. The molecule has 0 unspecified atom stereocenters. The van der Waals surface area contributed by atoms with Crippen molar-refractivity contribution in [1.82, 2.24) is 10.6 Å². The number of hydrogen-bond donors (Lipinski definition) is 2. The molecule has 0 spiro atoms. The number of amides is 2. The Kier molecular flexibility index (Phi) is 6.17. The lowest BCUT2D eigenvalue weighted by molar-refractivity contribution is 0.0927. The minimum absolute atomic E-state index is 0.176. The highest BCUT2D eigenvalue weighted by atomic mass is 79.9. The van der Waals surface area contributed by atoms with Gasteiger partial charge in [0.1, 0.15) is 5.75 Å². The van der Waals surface area contributed by atoms with Gasteiger partial charge in [0.25, 0.3) is 11.8 Å². The first-order valence-corrected chi connectivity index (χ1v) is 7.85. The Morgan fingerprint density at radius 3 is 2.13 bits per heavy atom. The number of rotatable bonds is 6. The van der Waals surface area contributed by atoms with E-state index in [2.05, 4.69) is 26.6 Å². The largest absolute Gasteiger partial charge is 0.497 e. The van der Waals surface area contributed by atoms with Crippen molar-refractivity contribution in [3.8, 4) is 5.75 Å². The summed E-state index contributed by atoms with van der Waals surface area (Å²) in [6.45, 7) is 0.706. The fourth-order valence-electron chi connectivity index (χ4n) is 1.93. The SMILES string of the molecule is COc1ccc(C(=O)NCCNC(=O)c2cccc(Br)c2)cc1. The van der Waals surface area contributed by atoms with Crippen LogP contribution in [0.15, 0.2) is 53.0 Å². The van der Waals surface area contributed by atoms with Gasteiger partial charge in [-0.2, -0.15) is 0 Å². The lowest BCUT2D eigenvalue weighted by Crippen LogP contribution is -2.34. The molecule has 2 rings (SSSR count). The molecule has 0 saturated carbocycles. The molecule has 0 aliphatic heterocycles. The van der Waals surface area contributed by atoms with E-state index in [-0.39, 0.29) is 11.8 Å². The second-order valence-corrected chi connectivity index (χ2v) is 5.67. The van der Waals surface area contributed by atoms with Gasteiger partial charge in [0.15, 0.2) is 0 Å². The first-order chi connectivity index (χ1) is 11.1. The van der Waals surface area contributed by atoms with Gasteiger partial charge in [0.05, 0.1) is 7.11 Å². The minimum Gasteiger partial charge on any atom is -0.497 e. The van der Waals surface area contributed by atoms with E-state index in [0.717, 1.165) is 4.47 Å². The molecule has 0 atom stereocenters. The molecule has 0 saturated heterocycles. The Labute approximate surface area is 143 Å². The molecule has 2 N–H and O–H groups in total. The summed E-state index contributed by atoms with van der Waals surface area (Å²) in [4.78, 5) is 23.9. The monoisotopic (exact) mass is 376 g/mol. The van der Waals surface area contributed by atoms with Crippen LogP contribution in [0.5, 0.6) is 5.75 Å². The normalized spacial score (nSPS) is 10.0. The van der Waals surface area contributed by atoms with Gasteiger partial charge < -0.3 is 15.4 Å². The van der Waals surface area contributed by atoms with Crippen molar-refractivity contribution in [3.63, 3.8) is 0 Å². The van der Waals surface area contributed by atoms with Crippen LogP contribution in [-0.2, 0) is 0 Å². The summed E-state index contributed by atoms with van der Waals surface area (Å²) >= 11 is 3.32. The molecule has 23 heavy (non-hydrogen) atoms. The highest BCUT2D eigenvalue weighted by Crippen LogP contribution is 2.12. The molecule has 5 nitrogen and oxygen atoms in total. The fraction of sp³-hybridized carbons (Fsp3) is 0.176. The van der Waals surface area contributed by atoms with E-state index in [4.69, 9.17) is 4.74 Å². The number of carbonyl (C=O) groups is 2. The summed E-state index contributed by atoms with van der Waals surface area (Å²) in [6.07, 6.45) is 0. The summed E-state index contributed by atoms with van der Waals surface area (Å²) < 4.78 is 5.89. The minimum atomic E-state index is -0.190. The van der Waals surface area contributed by atoms with Crippen LogP contribution < -0.4 is 15.4 Å². The van der Waals surface area contributed by atoms with Gasteiger partial charge in [-0.25, -0.2) is 0 Å². The predicted molar refractivity (Wildman–Crippen MR) is 91.8 cm³/mol. The maximum absolute atomic E-state index is 11.9. The Morgan fingerprint density at radius 2 is 1.57 bits per heavy atom. The molecule has 0 aliphatic rings. The van der Waals surface area contributed by atoms with E-state index in [9.17, 15) is 9.59 Å². The maximum atomic E-state index is 11.9. The second-order valence-electron chi connectivity index (χ2n) is 4.75. The van der Waals surface area contributed by atoms with Crippen molar-refractivity contribution in [2.24, 2.45) is 0 Å². The van der Waals surface area contributed by atoms with Crippen molar-refractivity contribution in [2.75, 3.05) is 20.2 Å². The van der Waals surface area contributed by atoms with Crippen LogP contribution in [0.3, 0.4) is 0 Å². The number of hydrogen-bond acceptors (Lipinski definition) is 3. The standard InChI is InChI=1S/C17H17BrN2O3/c1-23-15-7-5-12(6-8-15)16(21)19-9-10-20-17(22)13-3-2-4-14(18)11-13/h2-8,11H,9-10H2,1H3,(H,19,21)(H,20,22). The lowest BCUT2D eigenvalue weighted by atomic mass is 10.2. The molecule has 6 heteroatoms. The first kappa shape index (κ1) is 17.0. The van der Waals surface area contributed by atoms with Crippen LogP contribution in [-0.4, -0.2) is 32.0 Å². The van der Waals surface area contributed by atoms with Gasteiger partial charge in [0.2, 0.25) is 0 Å². The number of nitrogens with one attached hydrogen (secondary N) is 2. The van der Waals surface area contributed by atoms with Crippen LogP contribution >= 0.6 is 15.9 Å². The summed E-state index contributed by atoms with van der Waals surface area (Å²) in [7, 11) is 1.57. The summed E-state index contributed by atoms with van der Waals surface area (Å²) in [5.74, 6) is 0.331. The van der Waals surface area contributed by atoms with Crippen LogP contribution in [0.2, 0.25) is 0 Å². The number of methoxy groups -OCH3 is 1. The summed E-state index contributed by atoms with van der Waals surface area (Å²) in [6, 6.07) is 14.0. The van der Waals surface area contributed by atoms with Crippen LogP contribution in [0.25, 0.3) is 0 Å². The van der Waals surface area contributed by atoms with Crippen molar-refractivity contribution < 1.29 is 14.3 Å². The van der Waals surface area contributed by atoms with E-state index in [1.54, 1.807) is 49.6 Å². The molecule has 120 valence electrons. The van der Waals surface area contributed by atoms with Crippen molar-refractivity contribution in [1.29, 1.82) is 0 Å². The van der Waals surface area contributed by atoms with Gasteiger partial charge in [-0.3, -0.25) is 9.59 Å². The highest BCUT2D eigenvalue weighted by Gasteiger charge is 2.07. The Morgan fingerprint density at radius 1 is 0.957 bits per heavy atom. The predicted octanol–water partition coefficient (Wildman–Crippen LogP) is 2.62. The fourth-order valence-corrected chi connectivity index (χ4v) is 2.33. The van der Waals surface area contributed by atoms with Crippen molar-refractivity contribution >= 4 is 27.7 Å². The molecule has 2 amide bonds. The third-order valence-corrected chi connectivity index (χ3v) is 3.63. The summed E-state index contributed by atoms with van der Waals surface area (Å²) in [5.41, 5.74) is 1.12. The Hall–Kier alpha value is -2.34. The molecule has 0 fully saturated rings. The molecule has 0 bridgehead atoms. The van der Waals surface area contributed by atoms with Gasteiger partial charge in [-0.05, 0) is 42.5 Å². The molecule has 0 heterocycles. The molecule has 0 radical (unpaired) electrons. The van der Waals surface area contributed by atoms with Gasteiger partial charge in [0, 0.05) is 28.7 Å². The maximum Gasteiger partial charge on any atom is 0.251 e. The van der Waals surface area contributed by atoms with Gasteiger partial charge >= 0.3 is 0 Å². The number of benzene rings is 2. The number of ether oxygens (including phenoxy) is 1. The number of carbonyl (C=O) groups excluding carboxylic acids is 2. The van der Waals surface area contributed by atoms with Crippen molar-refractivity contribution in [3.05, 3.63) is 64.1 Å². The lowest BCUT2D eigenvalue weighted by Gasteiger charge is -2.08. The molecule has 2 aromatic rings. The zero-order valence-corrected chi connectivity index (χ0v) is 14.2. The Balaban J connectivity index is 1.76. The third kappa shape index (κ3) is 5.10. The molecular formula is C17H17BrN2O3. The zero-order valence-electron chi connectivity index (χ0n) is 12.6. The van der Waals surface area contributed by atoms with E-state index in [0.29, 0.717) is 30.0 Å². The van der Waals surface area contributed by atoms with Crippen molar-refractivity contribution in [2.45, 2.75) is 0 Å². The van der Waals surface area contributed by atoms with E-state index >= 15 is 0 Å². The third-order valence-electron chi connectivity index (χ3n) is 3.14. The number of halogens is 1. The molecular weight excluding hydrogens is 360 g/mol. The van der Waals surface area contributed by atoms with Crippen LogP contribution in [0.4, 0.5) is 0 Å². The average Bonchev–Trinajstić information content (AvgIpc) is 2.58. The van der Waals surface area contributed by atoms with E-state index in [1.807, 2.05) is 6.07 Å². The smallest absolute Gasteiger partial charge is 0.251 e. The van der Waals surface area contributed by atoms with Gasteiger partial charge in [-0.15, -0.1) is 0 Å². The topological polar surface area (TPSA) is 67.4 Å². The highest BCUT2D eigenvalue weighted by molar-refractivity contribution is 9.10. The molecule has 0 aromatic heterocycles. The summed E-state index contributed by atoms with van der Waals surface area (Å²) in [5, 5.41) is 5.51. The quantitative estimate of drug-likeness (QED) is 0.761. The molecule has 2 aromatic carbocycles. The van der Waals surface area contributed by atoms with Crippen LogP contribution in [0.1, 0.15) is 20.7 Å². The second kappa shape index (κ2) is 8.33.